The zero-order chi connectivity index (χ0) is 11.8. The minimum absolute atomic E-state index is 0.208. The van der Waals surface area contributed by atoms with E-state index in [1.807, 2.05) is 24.3 Å². The largest absolute Gasteiger partial charge is 0.496 e. The standard InChI is InChI=1S/C14H16O2/c1-3-4-5-9-13(15)11-12-8-6-7-10-14(12)16-2/h1,6-8,10H,4-5,9,11H2,2H3. The molecule has 0 aromatic heterocycles. The Kier molecular flexibility index (Phi) is 5.15. The van der Waals surface area contributed by atoms with Crippen LogP contribution in [0.4, 0.5) is 0 Å². The number of hydrogen-bond donors (Lipinski definition) is 0. The summed E-state index contributed by atoms with van der Waals surface area (Å²) in [5.41, 5.74) is 0.940. The van der Waals surface area contributed by atoms with Crippen molar-refractivity contribution < 1.29 is 9.53 Å². The summed E-state index contributed by atoms with van der Waals surface area (Å²) in [6.07, 6.45) is 7.53. The van der Waals surface area contributed by atoms with E-state index in [1.54, 1.807) is 7.11 Å². The summed E-state index contributed by atoms with van der Waals surface area (Å²) >= 11 is 0. The molecule has 0 unspecified atom stereocenters. The Morgan fingerprint density at radius 1 is 1.44 bits per heavy atom. The molecule has 0 aliphatic rings. The van der Waals surface area contributed by atoms with Gasteiger partial charge in [0, 0.05) is 24.8 Å². The van der Waals surface area contributed by atoms with Crippen molar-refractivity contribution in [3.8, 4) is 18.1 Å². The fraction of sp³-hybridized carbons (Fsp3) is 0.357. The summed E-state index contributed by atoms with van der Waals surface area (Å²) in [5.74, 6) is 3.51. The fourth-order valence-corrected chi connectivity index (χ4v) is 1.54. The summed E-state index contributed by atoms with van der Waals surface area (Å²) in [7, 11) is 1.61. The topological polar surface area (TPSA) is 26.3 Å². The van der Waals surface area contributed by atoms with Crippen molar-refractivity contribution in [2.45, 2.75) is 25.7 Å². The highest BCUT2D eigenvalue weighted by atomic mass is 16.5. The first-order chi connectivity index (χ1) is 7.77. The number of terminal acetylenes is 1. The Hall–Kier alpha value is -1.75. The fourth-order valence-electron chi connectivity index (χ4n) is 1.54. The SMILES string of the molecule is C#CCCCC(=O)Cc1ccccc1OC. The van der Waals surface area contributed by atoms with Gasteiger partial charge in [0.1, 0.15) is 11.5 Å². The van der Waals surface area contributed by atoms with E-state index in [0.717, 1.165) is 17.7 Å². The van der Waals surface area contributed by atoms with E-state index in [0.29, 0.717) is 19.3 Å². The molecule has 2 heteroatoms. The van der Waals surface area contributed by atoms with Crippen molar-refractivity contribution in [1.82, 2.24) is 0 Å². The van der Waals surface area contributed by atoms with Gasteiger partial charge in [0.25, 0.3) is 0 Å². The van der Waals surface area contributed by atoms with Gasteiger partial charge in [-0.05, 0) is 12.5 Å². The molecule has 1 rings (SSSR count). The van der Waals surface area contributed by atoms with Crippen molar-refractivity contribution >= 4 is 5.78 Å². The van der Waals surface area contributed by atoms with E-state index < -0.39 is 0 Å². The van der Waals surface area contributed by atoms with E-state index in [9.17, 15) is 4.79 Å². The summed E-state index contributed by atoms with van der Waals surface area (Å²) < 4.78 is 5.19. The number of ether oxygens (including phenoxy) is 1. The molecular weight excluding hydrogens is 200 g/mol. The minimum Gasteiger partial charge on any atom is -0.496 e. The molecule has 0 bridgehead atoms. The predicted octanol–water partition coefficient (Wildman–Crippen LogP) is 2.61. The van der Waals surface area contributed by atoms with Gasteiger partial charge in [-0.15, -0.1) is 12.3 Å². The van der Waals surface area contributed by atoms with Gasteiger partial charge in [0.05, 0.1) is 7.11 Å². The summed E-state index contributed by atoms with van der Waals surface area (Å²) in [6.45, 7) is 0. The Morgan fingerprint density at radius 2 is 2.19 bits per heavy atom. The minimum atomic E-state index is 0.208. The van der Waals surface area contributed by atoms with Gasteiger partial charge < -0.3 is 4.74 Å². The van der Waals surface area contributed by atoms with Crippen molar-refractivity contribution in [2.75, 3.05) is 7.11 Å². The van der Waals surface area contributed by atoms with Gasteiger partial charge in [0.2, 0.25) is 0 Å². The van der Waals surface area contributed by atoms with Crippen molar-refractivity contribution in [1.29, 1.82) is 0 Å². The molecule has 1 aromatic rings. The molecule has 0 amide bonds. The van der Waals surface area contributed by atoms with Crippen molar-refractivity contribution in [2.24, 2.45) is 0 Å². The van der Waals surface area contributed by atoms with Crippen LogP contribution in [0.25, 0.3) is 0 Å². The molecule has 0 radical (unpaired) electrons. The second kappa shape index (κ2) is 6.68. The molecule has 0 saturated carbocycles. The van der Waals surface area contributed by atoms with Crippen LogP contribution in [-0.4, -0.2) is 12.9 Å². The first-order valence-electron chi connectivity index (χ1n) is 5.35. The van der Waals surface area contributed by atoms with Gasteiger partial charge in [0.15, 0.2) is 0 Å². The molecule has 1 aromatic carbocycles. The van der Waals surface area contributed by atoms with Crippen molar-refractivity contribution in [3.63, 3.8) is 0 Å². The number of benzene rings is 1. The lowest BCUT2D eigenvalue weighted by Crippen LogP contribution is -2.03. The third-order valence-corrected chi connectivity index (χ3v) is 2.36. The Bertz CT molecular complexity index is 388. The van der Waals surface area contributed by atoms with Crippen LogP contribution in [0.3, 0.4) is 0 Å². The highest BCUT2D eigenvalue weighted by molar-refractivity contribution is 5.81. The van der Waals surface area contributed by atoms with Crippen LogP contribution in [-0.2, 0) is 11.2 Å². The molecule has 2 nitrogen and oxygen atoms in total. The van der Waals surface area contributed by atoms with Gasteiger partial charge in [-0.1, -0.05) is 18.2 Å². The molecule has 0 N–H and O–H groups in total. The van der Waals surface area contributed by atoms with Crippen LogP contribution < -0.4 is 4.74 Å². The Labute approximate surface area is 96.6 Å². The second-order valence-electron chi connectivity index (χ2n) is 3.58. The number of carbonyl (C=O) groups is 1. The van der Waals surface area contributed by atoms with Crippen LogP contribution in [0.1, 0.15) is 24.8 Å². The Morgan fingerprint density at radius 3 is 2.88 bits per heavy atom. The third-order valence-electron chi connectivity index (χ3n) is 2.36. The molecular formula is C14H16O2. The monoisotopic (exact) mass is 216 g/mol. The first-order valence-corrected chi connectivity index (χ1v) is 5.35. The van der Waals surface area contributed by atoms with Crippen LogP contribution in [0.2, 0.25) is 0 Å². The zero-order valence-corrected chi connectivity index (χ0v) is 9.53. The van der Waals surface area contributed by atoms with Gasteiger partial charge in [-0.3, -0.25) is 4.79 Å². The number of para-hydroxylation sites is 1. The Balaban J connectivity index is 2.53. The number of Topliss-reactive ketones (excluding diaryl/α,β-unsaturated/α-hetero) is 1. The van der Waals surface area contributed by atoms with Crippen LogP contribution >= 0.6 is 0 Å². The van der Waals surface area contributed by atoms with E-state index in [1.165, 1.54) is 0 Å². The maximum atomic E-state index is 11.6. The van der Waals surface area contributed by atoms with E-state index in [-0.39, 0.29) is 5.78 Å². The summed E-state index contributed by atoms with van der Waals surface area (Å²) in [4.78, 5) is 11.6. The predicted molar refractivity (Wildman–Crippen MR) is 64.4 cm³/mol. The number of unbranched alkanes of at least 4 members (excludes halogenated alkanes) is 1. The number of rotatable bonds is 6. The first kappa shape index (κ1) is 12.3. The highest BCUT2D eigenvalue weighted by Crippen LogP contribution is 2.18. The number of hydrogen-bond acceptors (Lipinski definition) is 2. The van der Waals surface area contributed by atoms with Gasteiger partial charge in [-0.2, -0.15) is 0 Å². The molecule has 16 heavy (non-hydrogen) atoms. The number of ketones is 1. The molecule has 0 aliphatic heterocycles. The van der Waals surface area contributed by atoms with Crippen LogP contribution in [0, 0.1) is 12.3 Å². The lowest BCUT2D eigenvalue weighted by atomic mass is 10.0. The third kappa shape index (κ3) is 3.78. The lowest BCUT2D eigenvalue weighted by molar-refractivity contribution is -0.118. The highest BCUT2D eigenvalue weighted by Gasteiger charge is 2.07. The summed E-state index contributed by atoms with van der Waals surface area (Å²) in [6, 6.07) is 7.58. The van der Waals surface area contributed by atoms with E-state index in [4.69, 9.17) is 11.2 Å². The number of carbonyl (C=O) groups excluding carboxylic acids is 1. The smallest absolute Gasteiger partial charge is 0.137 e. The van der Waals surface area contributed by atoms with Crippen LogP contribution in [0.15, 0.2) is 24.3 Å². The van der Waals surface area contributed by atoms with Gasteiger partial charge in [-0.25, -0.2) is 0 Å². The second-order valence-corrected chi connectivity index (χ2v) is 3.58. The molecule has 0 fully saturated rings. The average molecular weight is 216 g/mol. The maximum absolute atomic E-state index is 11.6. The van der Waals surface area contributed by atoms with Gasteiger partial charge >= 0.3 is 0 Å². The van der Waals surface area contributed by atoms with Crippen molar-refractivity contribution in [3.05, 3.63) is 29.8 Å². The summed E-state index contributed by atoms with van der Waals surface area (Å²) in [5, 5.41) is 0. The molecule has 0 atom stereocenters. The quantitative estimate of drug-likeness (QED) is 0.539. The lowest BCUT2D eigenvalue weighted by Gasteiger charge is -2.06. The van der Waals surface area contributed by atoms with Crippen LogP contribution in [0.5, 0.6) is 5.75 Å². The maximum Gasteiger partial charge on any atom is 0.137 e. The molecule has 84 valence electrons. The number of methoxy groups -OCH3 is 1. The zero-order valence-electron chi connectivity index (χ0n) is 9.53. The molecule has 0 saturated heterocycles. The normalized spacial score (nSPS) is 9.50. The molecule has 0 spiro atoms. The van der Waals surface area contributed by atoms with E-state index >= 15 is 0 Å². The molecule has 0 heterocycles. The molecule has 0 aliphatic carbocycles. The average Bonchev–Trinajstić information content (AvgIpc) is 2.30. The van der Waals surface area contributed by atoms with E-state index in [2.05, 4.69) is 5.92 Å².